The summed E-state index contributed by atoms with van der Waals surface area (Å²) in [6.07, 6.45) is 0. The molecule has 3 rings (SSSR count). The SMILES string of the molecule is O=C(C[NH+]1CC[NH+](CCOc2ccccc2)CC1)Nc1cc(Cl)ccc1F. The number of rotatable bonds is 7. The number of quaternary nitrogens is 2. The fourth-order valence-corrected chi connectivity index (χ4v) is 3.40. The van der Waals surface area contributed by atoms with Crippen LogP contribution in [0.1, 0.15) is 0 Å². The van der Waals surface area contributed by atoms with E-state index in [9.17, 15) is 9.18 Å². The Labute approximate surface area is 163 Å². The van der Waals surface area contributed by atoms with Crippen LogP contribution in [0.2, 0.25) is 5.02 Å². The summed E-state index contributed by atoms with van der Waals surface area (Å²) < 4.78 is 19.5. The van der Waals surface area contributed by atoms with E-state index in [4.69, 9.17) is 16.3 Å². The number of nitrogens with one attached hydrogen (secondary N) is 3. The van der Waals surface area contributed by atoms with Gasteiger partial charge in [-0.2, -0.15) is 0 Å². The van der Waals surface area contributed by atoms with Gasteiger partial charge in [-0.3, -0.25) is 4.79 Å². The van der Waals surface area contributed by atoms with Crippen molar-refractivity contribution in [2.24, 2.45) is 0 Å². The number of hydrogen-bond acceptors (Lipinski definition) is 2. The highest BCUT2D eigenvalue weighted by molar-refractivity contribution is 6.30. The van der Waals surface area contributed by atoms with Crippen LogP contribution in [0.15, 0.2) is 48.5 Å². The van der Waals surface area contributed by atoms with Crippen LogP contribution >= 0.6 is 11.6 Å². The van der Waals surface area contributed by atoms with E-state index in [-0.39, 0.29) is 11.6 Å². The van der Waals surface area contributed by atoms with E-state index >= 15 is 0 Å². The Balaban J connectivity index is 1.36. The Morgan fingerprint density at radius 2 is 1.78 bits per heavy atom. The molecule has 5 nitrogen and oxygen atoms in total. The van der Waals surface area contributed by atoms with Crippen LogP contribution in [0.4, 0.5) is 10.1 Å². The quantitative estimate of drug-likeness (QED) is 0.633. The zero-order valence-electron chi connectivity index (χ0n) is 15.1. The molecule has 0 bridgehead atoms. The smallest absolute Gasteiger partial charge is 0.279 e. The Hall–Kier alpha value is -2.15. The molecule has 1 amide bonds. The van der Waals surface area contributed by atoms with Crippen LogP contribution < -0.4 is 19.9 Å². The molecule has 3 N–H and O–H groups in total. The number of anilines is 1. The summed E-state index contributed by atoms with van der Waals surface area (Å²) in [5.74, 6) is 0.225. The number of para-hydroxylation sites is 1. The van der Waals surface area contributed by atoms with Gasteiger partial charge in [-0.25, -0.2) is 4.39 Å². The molecule has 0 aromatic heterocycles. The molecular weight excluding hydrogens is 369 g/mol. The Morgan fingerprint density at radius 3 is 2.52 bits per heavy atom. The number of carbonyl (C=O) groups excluding carboxylic acids is 1. The number of piperazine rings is 1. The van der Waals surface area contributed by atoms with E-state index in [0.717, 1.165) is 38.5 Å². The van der Waals surface area contributed by atoms with Gasteiger partial charge in [0.1, 0.15) is 50.9 Å². The number of ether oxygens (including phenoxy) is 1. The third kappa shape index (κ3) is 6.20. The lowest BCUT2D eigenvalue weighted by Crippen LogP contribution is -3.28. The number of hydrogen-bond donors (Lipinski definition) is 3. The van der Waals surface area contributed by atoms with Crippen molar-refractivity contribution in [1.29, 1.82) is 0 Å². The maximum absolute atomic E-state index is 13.7. The molecule has 0 unspecified atom stereocenters. The molecule has 0 radical (unpaired) electrons. The molecular formula is C20H25ClFN3O2+2. The van der Waals surface area contributed by atoms with Crippen molar-refractivity contribution in [3.8, 4) is 5.75 Å². The lowest BCUT2D eigenvalue weighted by molar-refractivity contribution is -1.01. The van der Waals surface area contributed by atoms with E-state index in [0.29, 0.717) is 18.2 Å². The molecule has 0 saturated carbocycles. The third-order valence-corrected chi connectivity index (χ3v) is 4.98. The highest BCUT2D eigenvalue weighted by Crippen LogP contribution is 2.19. The third-order valence-electron chi connectivity index (χ3n) is 4.74. The number of amides is 1. The van der Waals surface area contributed by atoms with Gasteiger partial charge >= 0.3 is 0 Å². The first kappa shape index (κ1) is 19.6. The van der Waals surface area contributed by atoms with Crippen molar-refractivity contribution in [2.75, 3.05) is 51.2 Å². The Bertz CT molecular complexity index is 752. The molecule has 0 spiro atoms. The predicted octanol–water partition coefficient (Wildman–Crippen LogP) is 0.280. The van der Waals surface area contributed by atoms with Crippen molar-refractivity contribution in [2.45, 2.75) is 0 Å². The van der Waals surface area contributed by atoms with E-state index in [2.05, 4.69) is 5.32 Å². The molecule has 0 aliphatic carbocycles. The molecule has 0 atom stereocenters. The second-order valence-electron chi connectivity index (χ2n) is 6.76. The lowest BCUT2D eigenvalue weighted by atomic mass is 10.3. The van der Waals surface area contributed by atoms with Gasteiger partial charge in [0, 0.05) is 5.02 Å². The van der Waals surface area contributed by atoms with Gasteiger partial charge < -0.3 is 19.9 Å². The highest BCUT2D eigenvalue weighted by atomic mass is 35.5. The molecule has 1 heterocycles. The maximum atomic E-state index is 13.7. The molecule has 7 heteroatoms. The first-order chi connectivity index (χ1) is 13.1. The second-order valence-corrected chi connectivity index (χ2v) is 7.20. The van der Waals surface area contributed by atoms with Gasteiger partial charge in [0.2, 0.25) is 0 Å². The average Bonchev–Trinajstić information content (AvgIpc) is 2.67. The topological polar surface area (TPSA) is 47.2 Å². The van der Waals surface area contributed by atoms with Crippen LogP contribution in [0, 0.1) is 5.82 Å². The molecule has 1 fully saturated rings. The van der Waals surface area contributed by atoms with Gasteiger partial charge in [-0.1, -0.05) is 29.8 Å². The van der Waals surface area contributed by atoms with Crippen molar-refractivity contribution in [3.05, 3.63) is 59.4 Å². The van der Waals surface area contributed by atoms with Crippen molar-refractivity contribution in [1.82, 2.24) is 0 Å². The Morgan fingerprint density at radius 1 is 1.07 bits per heavy atom. The molecule has 144 valence electrons. The van der Waals surface area contributed by atoms with E-state index in [1.165, 1.54) is 28.0 Å². The summed E-state index contributed by atoms with van der Waals surface area (Å²) in [4.78, 5) is 14.9. The zero-order chi connectivity index (χ0) is 19.1. The molecule has 1 aliphatic heterocycles. The number of carbonyl (C=O) groups is 1. The predicted molar refractivity (Wildman–Crippen MR) is 103 cm³/mol. The molecule has 1 saturated heterocycles. The van der Waals surface area contributed by atoms with Crippen LogP contribution in [0.25, 0.3) is 0 Å². The summed E-state index contributed by atoms with van der Waals surface area (Å²) in [5.41, 5.74) is 0.134. The second kappa shape index (κ2) is 9.69. The summed E-state index contributed by atoms with van der Waals surface area (Å²) in [6, 6.07) is 14.0. The van der Waals surface area contributed by atoms with E-state index in [1.54, 1.807) is 0 Å². The standard InChI is InChI=1S/C20H23ClFN3O2/c21-16-6-7-18(22)19(14-16)23-20(26)15-25-10-8-24(9-11-25)12-13-27-17-4-2-1-3-5-17/h1-7,14H,8-13,15H2,(H,23,26)/p+2. The summed E-state index contributed by atoms with van der Waals surface area (Å²) >= 11 is 5.85. The van der Waals surface area contributed by atoms with Crippen LogP contribution in [-0.4, -0.2) is 51.8 Å². The maximum Gasteiger partial charge on any atom is 0.279 e. The summed E-state index contributed by atoms with van der Waals surface area (Å²) in [6.45, 7) is 5.77. The monoisotopic (exact) mass is 393 g/mol. The fourth-order valence-electron chi connectivity index (χ4n) is 3.23. The van der Waals surface area contributed by atoms with Crippen LogP contribution in [0.3, 0.4) is 0 Å². The Kier molecular flexibility index (Phi) is 7.04. The first-order valence-corrected chi connectivity index (χ1v) is 9.58. The normalized spacial score (nSPS) is 19.5. The molecule has 2 aromatic rings. The van der Waals surface area contributed by atoms with E-state index in [1.807, 2.05) is 30.3 Å². The minimum atomic E-state index is -0.476. The van der Waals surface area contributed by atoms with Gasteiger partial charge in [0.05, 0.1) is 5.69 Å². The first-order valence-electron chi connectivity index (χ1n) is 9.20. The molecule has 2 aromatic carbocycles. The minimum absolute atomic E-state index is 0.134. The highest BCUT2D eigenvalue weighted by Gasteiger charge is 2.25. The van der Waals surface area contributed by atoms with Gasteiger partial charge in [0.15, 0.2) is 6.54 Å². The zero-order valence-corrected chi connectivity index (χ0v) is 15.9. The van der Waals surface area contributed by atoms with Crippen LogP contribution in [-0.2, 0) is 4.79 Å². The van der Waals surface area contributed by atoms with Crippen molar-refractivity contribution >= 4 is 23.2 Å². The minimum Gasteiger partial charge on any atom is -0.488 e. The van der Waals surface area contributed by atoms with Gasteiger partial charge in [-0.15, -0.1) is 0 Å². The largest absolute Gasteiger partial charge is 0.488 e. The number of halogens is 2. The average molecular weight is 394 g/mol. The van der Waals surface area contributed by atoms with Gasteiger partial charge in [0.25, 0.3) is 5.91 Å². The fraction of sp³-hybridized carbons (Fsp3) is 0.350. The van der Waals surface area contributed by atoms with Crippen LogP contribution in [0.5, 0.6) is 5.75 Å². The summed E-state index contributed by atoms with van der Waals surface area (Å²) in [5, 5.41) is 3.01. The summed E-state index contributed by atoms with van der Waals surface area (Å²) in [7, 11) is 0. The van der Waals surface area contributed by atoms with Gasteiger partial charge in [-0.05, 0) is 30.3 Å². The molecule has 27 heavy (non-hydrogen) atoms. The lowest BCUT2D eigenvalue weighted by Gasteiger charge is -2.29. The van der Waals surface area contributed by atoms with E-state index < -0.39 is 5.82 Å². The van der Waals surface area contributed by atoms with Crippen molar-refractivity contribution in [3.63, 3.8) is 0 Å². The van der Waals surface area contributed by atoms with Crippen molar-refractivity contribution < 1.29 is 23.7 Å². The number of benzene rings is 2. The molecule has 1 aliphatic rings.